The van der Waals surface area contributed by atoms with E-state index in [1.165, 1.54) is 5.56 Å². The molecule has 2 heteroatoms. The van der Waals surface area contributed by atoms with E-state index < -0.39 is 0 Å². The first-order chi connectivity index (χ1) is 5.72. The molecule has 0 bridgehead atoms. The number of rotatable bonds is 3. The van der Waals surface area contributed by atoms with Crippen LogP contribution < -0.4 is 0 Å². The number of carbonyl (C=O) groups excluding carboxylic acids is 1. The molecule has 1 rings (SSSR count). The van der Waals surface area contributed by atoms with Crippen molar-refractivity contribution in [1.82, 2.24) is 4.90 Å². The van der Waals surface area contributed by atoms with E-state index in [1.807, 2.05) is 38.4 Å². The number of hydrogen-bond donors (Lipinski definition) is 0. The maximum Gasteiger partial charge on any atom is 0.150 e. The zero-order chi connectivity index (χ0) is 8.97. The van der Waals surface area contributed by atoms with E-state index in [0.29, 0.717) is 0 Å². The van der Waals surface area contributed by atoms with Gasteiger partial charge in [-0.3, -0.25) is 4.79 Å². The van der Waals surface area contributed by atoms with Crippen LogP contribution in [0.15, 0.2) is 24.3 Å². The monoisotopic (exact) mass is 163 g/mol. The first-order valence-electron chi connectivity index (χ1n) is 3.91. The molecular weight excluding hydrogens is 150 g/mol. The van der Waals surface area contributed by atoms with Crippen molar-refractivity contribution in [1.29, 1.82) is 0 Å². The Labute approximate surface area is 72.8 Å². The molecule has 0 fully saturated rings. The molecule has 0 atom stereocenters. The molecular formula is C10H13NO. The molecule has 64 valence electrons. The van der Waals surface area contributed by atoms with Gasteiger partial charge in [-0.1, -0.05) is 18.2 Å². The third-order valence-electron chi connectivity index (χ3n) is 1.59. The predicted molar refractivity (Wildman–Crippen MR) is 49.2 cm³/mol. The number of nitrogens with zero attached hydrogens (tertiary/aromatic N) is 1. The van der Waals surface area contributed by atoms with Gasteiger partial charge in [0.15, 0.2) is 0 Å². The van der Waals surface area contributed by atoms with Gasteiger partial charge in [-0.2, -0.15) is 0 Å². The standard InChI is InChI=1S/C10H13NO/c1-11(2)7-9-4-3-5-10(6-9)8-12/h3-6,8H,7H2,1-2H3. The fraction of sp³-hybridized carbons (Fsp3) is 0.300. The lowest BCUT2D eigenvalue weighted by Gasteiger charge is -2.09. The molecule has 12 heavy (non-hydrogen) atoms. The second-order valence-corrected chi connectivity index (χ2v) is 3.10. The molecule has 2 nitrogen and oxygen atoms in total. The van der Waals surface area contributed by atoms with Crippen LogP contribution >= 0.6 is 0 Å². The molecule has 0 aromatic heterocycles. The molecule has 0 heterocycles. The van der Waals surface area contributed by atoms with Crippen LogP contribution in [0.2, 0.25) is 0 Å². The Morgan fingerprint density at radius 3 is 2.75 bits per heavy atom. The van der Waals surface area contributed by atoms with E-state index in [-0.39, 0.29) is 0 Å². The smallest absolute Gasteiger partial charge is 0.150 e. The van der Waals surface area contributed by atoms with Crippen molar-refractivity contribution in [2.24, 2.45) is 0 Å². The average Bonchev–Trinajstić information content (AvgIpc) is 2.03. The summed E-state index contributed by atoms with van der Waals surface area (Å²) in [6.07, 6.45) is 0.874. The normalized spacial score (nSPS) is 10.2. The van der Waals surface area contributed by atoms with Crippen LogP contribution in [0.4, 0.5) is 0 Å². The van der Waals surface area contributed by atoms with E-state index >= 15 is 0 Å². The Hall–Kier alpha value is -1.15. The van der Waals surface area contributed by atoms with Crippen LogP contribution in [-0.2, 0) is 6.54 Å². The second kappa shape index (κ2) is 4.02. The molecule has 0 radical (unpaired) electrons. The maximum absolute atomic E-state index is 10.4. The highest BCUT2D eigenvalue weighted by Gasteiger charge is 1.95. The second-order valence-electron chi connectivity index (χ2n) is 3.10. The lowest BCUT2D eigenvalue weighted by Crippen LogP contribution is -2.10. The first kappa shape index (κ1) is 8.94. The van der Waals surface area contributed by atoms with Gasteiger partial charge in [0.2, 0.25) is 0 Å². The quantitative estimate of drug-likeness (QED) is 0.630. The Morgan fingerprint density at radius 2 is 2.17 bits per heavy atom. The fourth-order valence-corrected chi connectivity index (χ4v) is 1.13. The highest BCUT2D eigenvalue weighted by Crippen LogP contribution is 2.04. The van der Waals surface area contributed by atoms with Crippen LogP contribution in [0, 0.1) is 0 Å². The molecule has 1 aromatic rings. The van der Waals surface area contributed by atoms with E-state index in [2.05, 4.69) is 4.90 Å². The topological polar surface area (TPSA) is 20.3 Å². The Bertz CT molecular complexity index is 268. The van der Waals surface area contributed by atoms with Gasteiger partial charge < -0.3 is 4.90 Å². The first-order valence-corrected chi connectivity index (χ1v) is 3.91. The SMILES string of the molecule is CN(C)Cc1cccc(C=O)c1. The minimum atomic E-state index is 0.745. The number of carbonyl (C=O) groups is 1. The summed E-state index contributed by atoms with van der Waals surface area (Å²) in [6.45, 7) is 0.877. The van der Waals surface area contributed by atoms with E-state index in [1.54, 1.807) is 0 Å². The highest BCUT2D eigenvalue weighted by molar-refractivity contribution is 5.74. The van der Waals surface area contributed by atoms with Crippen LogP contribution in [0.25, 0.3) is 0 Å². The van der Waals surface area contributed by atoms with Gasteiger partial charge in [-0.15, -0.1) is 0 Å². The van der Waals surface area contributed by atoms with Gasteiger partial charge in [0, 0.05) is 12.1 Å². The Morgan fingerprint density at radius 1 is 1.42 bits per heavy atom. The molecule has 0 N–H and O–H groups in total. The summed E-state index contributed by atoms with van der Waals surface area (Å²) in [6, 6.07) is 7.65. The van der Waals surface area contributed by atoms with Crippen LogP contribution in [-0.4, -0.2) is 25.3 Å². The highest BCUT2D eigenvalue weighted by atomic mass is 16.1. The van der Waals surface area contributed by atoms with Crippen molar-refractivity contribution in [3.63, 3.8) is 0 Å². The van der Waals surface area contributed by atoms with Crippen LogP contribution in [0.5, 0.6) is 0 Å². The van der Waals surface area contributed by atoms with Crippen molar-refractivity contribution in [3.8, 4) is 0 Å². The minimum Gasteiger partial charge on any atom is -0.305 e. The number of aldehydes is 1. The third kappa shape index (κ3) is 2.47. The van der Waals surface area contributed by atoms with E-state index in [4.69, 9.17) is 0 Å². The molecule has 0 spiro atoms. The van der Waals surface area contributed by atoms with Crippen molar-refractivity contribution in [2.45, 2.75) is 6.54 Å². The summed E-state index contributed by atoms with van der Waals surface area (Å²) < 4.78 is 0. The van der Waals surface area contributed by atoms with Gasteiger partial charge in [-0.05, 0) is 25.7 Å². The summed E-state index contributed by atoms with van der Waals surface area (Å²) >= 11 is 0. The van der Waals surface area contributed by atoms with Gasteiger partial charge in [-0.25, -0.2) is 0 Å². The zero-order valence-corrected chi connectivity index (χ0v) is 7.45. The van der Waals surface area contributed by atoms with Crippen molar-refractivity contribution in [2.75, 3.05) is 14.1 Å². The summed E-state index contributed by atoms with van der Waals surface area (Å²) in [5.41, 5.74) is 1.92. The maximum atomic E-state index is 10.4. The summed E-state index contributed by atoms with van der Waals surface area (Å²) in [5.74, 6) is 0. The number of hydrogen-bond acceptors (Lipinski definition) is 2. The summed E-state index contributed by atoms with van der Waals surface area (Å²) in [4.78, 5) is 12.5. The fourth-order valence-electron chi connectivity index (χ4n) is 1.13. The molecule has 0 amide bonds. The van der Waals surface area contributed by atoms with Gasteiger partial charge >= 0.3 is 0 Å². The van der Waals surface area contributed by atoms with E-state index in [0.717, 1.165) is 18.4 Å². The van der Waals surface area contributed by atoms with E-state index in [9.17, 15) is 4.79 Å². The Kier molecular flexibility index (Phi) is 3.00. The average molecular weight is 163 g/mol. The van der Waals surface area contributed by atoms with Crippen LogP contribution in [0.3, 0.4) is 0 Å². The van der Waals surface area contributed by atoms with Gasteiger partial charge in [0.25, 0.3) is 0 Å². The van der Waals surface area contributed by atoms with Gasteiger partial charge in [0.05, 0.1) is 0 Å². The molecule has 0 aliphatic heterocycles. The largest absolute Gasteiger partial charge is 0.305 e. The minimum absolute atomic E-state index is 0.745. The molecule has 0 aliphatic carbocycles. The van der Waals surface area contributed by atoms with Crippen molar-refractivity contribution >= 4 is 6.29 Å². The molecule has 0 saturated heterocycles. The van der Waals surface area contributed by atoms with Crippen LogP contribution in [0.1, 0.15) is 15.9 Å². The number of benzene rings is 1. The van der Waals surface area contributed by atoms with Crippen molar-refractivity contribution in [3.05, 3.63) is 35.4 Å². The third-order valence-corrected chi connectivity index (χ3v) is 1.59. The van der Waals surface area contributed by atoms with Crippen molar-refractivity contribution < 1.29 is 4.79 Å². The molecule has 1 aromatic carbocycles. The lowest BCUT2D eigenvalue weighted by molar-refractivity contribution is 0.112. The lowest BCUT2D eigenvalue weighted by atomic mass is 10.1. The zero-order valence-electron chi connectivity index (χ0n) is 7.45. The molecule has 0 unspecified atom stereocenters. The summed E-state index contributed by atoms with van der Waals surface area (Å²) in [7, 11) is 4.02. The predicted octanol–water partition coefficient (Wildman–Crippen LogP) is 1.56. The molecule has 0 saturated carbocycles. The van der Waals surface area contributed by atoms with Gasteiger partial charge in [0.1, 0.15) is 6.29 Å². The summed E-state index contributed by atoms with van der Waals surface area (Å²) in [5, 5.41) is 0. The Balaban J connectivity index is 2.79. The molecule has 0 aliphatic rings.